The molecule has 3 rings (SSSR count). The molecule has 1 aromatic carbocycles. The third-order valence-corrected chi connectivity index (χ3v) is 4.60. The molecule has 124 valence electrons. The Morgan fingerprint density at radius 3 is 2.17 bits per heavy atom. The third-order valence-electron chi connectivity index (χ3n) is 4.60. The average Bonchev–Trinajstić information content (AvgIpc) is 3.06. The van der Waals surface area contributed by atoms with Crippen LogP contribution in [0.4, 0.5) is 10.5 Å². The summed E-state index contributed by atoms with van der Waals surface area (Å²) in [6, 6.07) is 9.46. The molecule has 6 nitrogen and oxygen atoms in total. The van der Waals surface area contributed by atoms with Crippen molar-refractivity contribution in [2.45, 2.75) is 0 Å². The zero-order valence-electron chi connectivity index (χ0n) is 13.7. The molecule has 2 atom stereocenters. The Morgan fingerprint density at radius 2 is 1.61 bits per heavy atom. The molecule has 2 saturated heterocycles. The molecule has 0 aromatic heterocycles. The maximum Gasteiger partial charge on any atom is 0.321 e. The molecule has 0 saturated carbocycles. The van der Waals surface area contributed by atoms with Crippen LogP contribution in [-0.2, 0) is 4.79 Å². The highest BCUT2D eigenvalue weighted by Gasteiger charge is 2.42. The van der Waals surface area contributed by atoms with Crippen molar-refractivity contribution in [2.75, 3.05) is 52.1 Å². The molecule has 2 heterocycles. The lowest BCUT2D eigenvalue weighted by Gasteiger charge is -2.23. The summed E-state index contributed by atoms with van der Waals surface area (Å²) in [4.78, 5) is 30.2. The van der Waals surface area contributed by atoms with Crippen molar-refractivity contribution in [1.82, 2.24) is 14.7 Å². The molecule has 2 aliphatic heterocycles. The van der Waals surface area contributed by atoms with E-state index < -0.39 is 0 Å². The van der Waals surface area contributed by atoms with E-state index in [1.165, 1.54) is 0 Å². The smallest absolute Gasteiger partial charge is 0.321 e. The van der Waals surface area contributed by atoms with Crippen LogP contribution in [0.3, 0.4) is 0 Å². The van der Waals surface area contributed by atoms with Gasteiger partial charge in [0.05, 0.1) is 6.54 Å². The van der Waals surface area contributed by atoms with Gasteiger partial charge in [-0.15, -0.1) is 0 Å². The van der Waals surface area contributed by atoms with Crippen LogP contribution in [0.1, 0.15) is 0 Å². The fourth-order valence-electron chi connectivity index (χ4n) is 3.46. The number of likely N-dealkylation sites (N-methyl/N-ethyl adjacent to an activating group) is 1. The normalized spacial score (nSPS) is 23.3. The van der Waals surface area contributed by atoms with E-state index in [9.17, 15) is 9.59 Å². The van der Waals surface area contributed by atoms with Gasteiger partial charge < -0.3 is 20.0 Å². The van der Waals surface area contributed by atoms with Gasteiger partial charge in [-0.05, 0) is 26.2 Å². The zero-order chi connectivity index (χ0) is 16.4. The van der Waals surface area contributed by atoms with E-state index in [1.54, 1.807) is 0 Å². The summed E-state index contributed by atoms with van der Waals surface area (Å²) in [6.07, 6.45) is 0. The van der Waals surface area contributed by atoms with Crippen molar-refractivity contribution in [3.8, 4) is 0 Å². The summed E-state index contributed by atoms with van der Waals surface area (Å²) < 4.78 is 0. The van der Waals surface area contributed by atoms with Crippen LogP contribution in [0.25, 0.3) is 0 Å². The lowest BCUT2D eigenvalue weighted by atomic mass is 10.0. The van der Waals surface area contributed by atoms with Gasteiger partial charge in [-0.25, -0.2) is 4.79 Å². The summed E-state index contributed by atoms with van der Waals surface area (Å²) in [5, 5.41) is 2.93. The summed E-state index contributed by atoms with van der Waals surface area (Å²) in [5.74, 6) is 0.995. The number of urea groups is 1. The quantitative estimate of drug-likeness (QED) is 0.911. The molecule has 23 heavy (non-hydrogen) atoms. The number of benzene rings is 1. The Hall–Kier alpha value is -2.08. The first-order valence-corrected chi connectivity index (χ1v) is 8.06. The van der Waals surface area contributed by atoms with Crippen LogP contribution < -0.4 is 5.32 Å². The minimum Gasteiger partial charge on any atom is -0.341 e. The van der Waals surface area contributed by atoms with E-state index in [1.807, 2.05) is 59.1 Å². The van der Waals surface area contributed by atoms with E-state index in [0.717, 1.165) is 31.9 Å². The number of amides is 3. The van der Waals surface area contributed by atoms with E-state index in [4.69, 9.17) is 0 Å². The first-order valence-electron chi connectivity index (χ1n) is 8.06. The molecule has 2 fully saturated rings. The Labute approximate surface area is 137 Å². The van der Waals surface area contributed by atoms with E-state index >= 15 is 0 Å². The van der Waals surface area contributed by atoms with Crippen LogP contribution in [0, 0.1) is 11.8 Å². The first-order chi connectivity index (χ1) is 11.0. The van der Waals surface area contributed by atoms with E-state index in [-0.39, 0.29) is 11.9 Å². The molecule has 6 heteroatoms. The molecular formula is C17H24N4O2. The Balaban J connectivity index is 1.51. The number of hydrogen-bond acceptors (Lipinski definition) is 3. The minimum atomic E-state index is -0.0447. The monoisotopic (exact) mass is 316 g/mol. The molecule has 0 spiro atoms. The van der Waals surface area contributed by atoms with Gasteiger partial charge in [0.15, 0.2) is 0 Å². The van der Waals surface area contributed by atoms with E-state index in [2.05, 4.69) is 5.32 Å². The summed E-state index contributed by atoms with van der Waals surface area (Å²) in [6.45, 7) is 3.46. The number of nitrogens with one attached hydrogen (secondary N) is 1. The minimum absolute atomic E-state index is 0.0447. The highest BCUT2D eigenvalue weighted by Crippen LogP contribution is 2.31. The number of nitrogens with zero attached hydrogens (tertiary/aromatic N) is 3. The number of anilines is 1. The summed E-state index contributed by atoms with van der Waals surface area (Å²) >= 11 is 0. The molecule has 2 aliphatic rings. The van der Waals surface area contributed by atoms with Crippen molar-refractivity contribution in [3.63, 3.8) is 0 Å². The van der Waals surface area contributed by atoms with Gasteiger partial charge in [-0.3, -0.25) is 4.79 Å². The number of hydrogen-bond donors (Lipinski definition) is 1. The van der Waals surface area contributed by atoms with Crippen LogP contribution in [0.2, 0.25) is 0 Å². The summed E-state index contributed by atoms with van der Waals surface area (Å²) in [7, 11) is 3.81. The largest absolute Gasteiger partial charge is 0.341 e. The molecule has 0 unspecified atom stereocenters. The second-order valence-corrected chi connectivity index (χ2v) is 6.76. The third kappa shape index (κ3) is 3.64. The van der Waals surface area contributed by atoms with Crippen molar-refractivity contribution >= 4 is 17.6 Å². The van der Waals surface area contributed by atoms with Gasteiger partial charge in [0, 0.05) is 43.7 Å². The van der Waals surface area contributed by atoms with E-state index in [0.29, 0.717) is 18.4 Å². The number of para-hydroxylation sites is 1. The van der Waals surface area contributed by atoms with Gasteiger partial charge in [-0.2, -0.15) is 0 Å². The molecule has 0 bridgehead atoms. The van der Waals surface area contributed by atoms with Crippen LogP contribution in [-0.4, -0.2) is 73.5 Å². The van der Waals surface area contributed by atoms with Gasteiger partial charge >= 0.3 is 6.03 Å². The second-order valence-electron chi connectivity index (χ2n) is 6.76. The highest BCUT2D eigenvalue weighted by atomic mass is 16.2. The maximum atomic E-state index is 12.3. The van der Waals surface area contributed by atoms with Crippen molar-refractivity contribution in [3.05, 3.63) is 30.3 Å². The predicted octanol–water partition coefficient (Wildman–Crippen LogP) is 1.17. The molecule has 3 amide bonds. The van der Waals surface area contributed by atoms with Gasteiger partial charge in [0.25, 0.3) is 0 Å². The summed E-state index contributed by atoms with van der Waals surface area (Å²) in [5.41, 5.74) is 0.817. The number of carbonyl (C=O) groups excluding carboxylic acids is 2. The number of likely N-dealkylation sites (tertiary alicyclic amines) is 2. The van der Waals surface area contributed by atoms with Crippen LogP contribution in [0.5, 0.6) is 0 Å². The molecule has 0 aliphatic carbocycles. The lowest BCUT2D eigenvalue weighted by Crippen LogP contribution is -2.40. The number of rotatable bonds is 3. The second kappa shape index (κ2) is 6.58. The Bertz CT molecular complexity index is 561. The zero-order valence-corrected chi connectivity index (χ0v) is 13.7. The molecule has 0 radical (unpaired) electrons. The fourth-order valence-corrected chi connectivity index (χ4v) is 3.46. The predicted molar refractivity (Wildman–Crippen MR) is 89.1 cm³/mol. The average molecular weight is 316 g/mol. The van der Waals surface area contributed by atoms with Gasteiger partial charge in [0.2, 0.25) is 5.91 Å². The Kier molecular flexibility index (Phi) is 4.52. The molecule has 1 N–H and O–H groups in total. The standard InChI is InChI=1S/C17H24N4O2/c1-19(2)12-16(22)20-8-13-10-21(11-14(13)9-20)17(23)18-15-6-4-3-5-7-15/h3-7,13-14H,8-12H2,1-2H3,(H,18,23)/t13-,14-/m0/s1. The topological polar surface area (TPSA) is 55.9 Å². The SMILES string of the molecule is CN(C)CC(=O)N1C[C@H]2CN(C(=O)Nc3ccccc3)C[C@@H]2C1. The Morgan fingerprint density at radius 1 is 1.04 bits per heavy atom. The van der Waals surface area contributed by atoms with Gasteiger partial charge in [0.1, 0.15) is 0 Å². The van der Waals surface area contributed by atoms with Crippen molar-refractivity contribution in [1.29, 1.82) is 0 Å². The van der Waals surface area contributed by atoms with Crippen molar-refractivity contribution < 1.29 is 9.59 Å². The molecule has 1 aromatic rings. The number of carbonyl (C=O) groups is 2. The number of fused-ring (bicyclic) bond motifs is 1. The molecular weight excluding hydrogens is 292 g/mol. The lowest BCUT2D eigenvalue weighted by molar-refractivity contribution is -0.131. The van der Waals surface area contributed by atoms with Crippen LogP contribution >= 0.6 is 0 Å². The fraction of sp³-hybridized carbons (Fsp3) is 0.529. The van der Waals surface area contributed by atoms with Crippen LogP contribution in [0.15, 0.2) is 30.3 Å². The van der Waals surface area contributed by atoms with Gasteiger partial charge in [-0.1, -0.05) is 18.2 Å². The van der Waals surface area contributed by atoms with Crippen molar-refractivity contribution in [2.24, 2.45) is 11.8 Å². The first kappa shape index (κ1) is 15.8. The highest BCUT2D eigenvalue weighted by molar-refractivity contribution is 5.89. The maximum absolute atomic E-state index is 12.3.